The molecule has 2 heterocycles. The number of benzene rings is 2. The van der Waals surface area contributed by atoms with E-state index in [9.17, 15) is 4.79 Å². The first-order valence-corrected chi connectivity index (χ1v) is 9.51. The van der Waals surface area contributed by atoms with Crippen LogP contribution in [0.15, 0.2) is 42.5 Å². The molecule has 3 aromatic rings. The fourth-order valence-electron chi connectivity index (χ4n) is 3.27. The average molecular weight is 445 g/mol. The molecule has 1 fully saturated rings. The minimum Gasteiger partial charge on any atom is -0.399 e. The predicted octanol–water partition coefficient (Wildman–Crippen LogP) is 5.40. The highest BCUT2D eigenvalue weighted by molar-refractivity contribution is 7.18. The number of anilines is 1. The summed E-state index contributed by atoms with van der Waals surface area (Å²) in [6.07, 6.45) is 1.86. The van der Waals surface area contributed by atoms with Gasteiger partial charge in [0, 0.05) is 24.7 Å². The first-order valence-electron chi connectivity index (χ1n) is 8.31. The Hall–Kier alpha value is -1.53. The summed E-state index contributed by atoms with van der Waals surface area (Å²) in [7, 11) is 0. The van der Waals surface area contributed by atoms with Gasteiger partial charge in [0.1, 0.15) is 0 Å². The number of amides is 1. The van der Waals surface area contributed by atoms with Crippen molar-refractivity contribution in [1.82, 2.24) is 9.88 Å². The maximum Gasteiger partial charge on any atom is 0.255 e. The molecule has 2 aromatic carbocycles. The molecule has 27 heavy (non-hydrogen) atoms. The third kappa shape index (κ3) is 4.49. The molecule has 1 aliphatic heterocycles. The molecule has 0 spiro atoms. The van der Waals surface area contributed by atoms with Crippen molar-refractivity contribution in [3.05, 3.63) is 58.1 Å². The molecule has 4 rings (SSSR count). The number of halogens is 3. The molecule has 0 bridgehead atoms. The number of fused-ring (bicyclic) bond motifs is 1. The third-order valence-electron chi connectivity index (χ3n) is 4.67. The van der Waals surface area contributed by atoms with Gasteiger partial charge < -0.3 is 10.6 Å². The molecule has 0 aliphatic carbocycles. The minimum absolute atomic E-state index is 0. The summed E-state index contributed by atoms with van der Waals surface area (Å²) < 4.78 is 1.23. The van der Waals surface area contributed by atoms with Crippen LogP contribution in [-0.2, 0) is 0 Å². The second-order valence-electron chi connectivity index (χ2n) is 6.33. The van der Waals surface area contributed by atoms with Crippen molar-refractivity contribution < 1.29 is 4.79 Å². The highest BCUT2D eigenvalue weighted by atomic mass is 35.5. The molecule has 0 saturated carbocycles. The van der Waals surface area contributed by atoms with Crippen LogP contribution in [0.3, 0.4) is 0 Å². The Morgan fingerprint density at radius 3 is 2.52 bits per heavy atom. The molecule has 0 radical (unpaired) electrons. The number of thiazole rings is 1. The Morgan fingerprint density at radius 2 is 1.85 bits per heavy atom. The summed E-state index contributed by atoms with van der Waals surface area (Å²) >= 11 is 7.94. The largest absolute Gasteiger partial charge is 0.399 e. The summed E-state index contributed by atoms with van der Waals surface area (Å²) in [5, 5.41) is 1.59. The molecule has 8 heteroatoms. The van der Waals surface area contributed by atoms with Gasteiger partial charge >= 0.3 is 0 Å². The summed E-state index contributed by atoms with van der Waals surface area (Å²) in [6.45, 7) is 1.44. The van der Waals surface area contributed by atoms with Crippen molar-refractivity contribution in [2.24, 2.45) is 0 Å². The Balaban J connectivity index is 0.00000131. The number of nitrogens with two attached hydrogens (primary N) is 1. The van der Waals surface area contributed by atoms with E-state index in [4.69, 9.17) is 22.3 Å². The molecule has 1 aromatic heterocycles. The Morgan fingerprint density at radius 1 is 1.15 bits per heavy atom. The Bertz CT molecular complexity index is 906. The number of aromatic nitrogens is 1. The summed E-state index contributed by atoms with van der Waals surface area (Å²) in [5.74, 6) is 0.399. The number of rotatable bonds is 2. The van der Waals surface area contributed by atoms with Gasteiger partial charge in [0.15, 0.2) is 0 Å². The fraction of sp³-hybridized carbons (Fsp3) is 0.263. The van der Waals surface area contributed by atoms with Crippen LogP contribution >= 0.6 is 47.8 Å². The Kier molecular flexibility index (Phi) is 7.34. The van der Waals surface area contributed by atoms with Crippen molar-refractivity contribution in [3.8, 4) is 0 Å². The quantitative estimate of drug-likeness (QED) is 0.539. The SMILES string of the molecule is Cl.Cl.Nc1ccc(C(=O)N2CCC(c3nc4ccccc4s3)CC2)c(Cl)c1. The van der Waals surface area contributed by atoms with Gasteiger partial charge in [-0.15, -0.1) is 36.2 Å². The molecule has 0 atom stereocenters. The van der Waals surface area contributed by atoms with E-state index < -0.39 is 0 Å². The first-order chi connectivity index (χ1) is 12.1. The standard InChI is InChI=1S/C19H18ClN3OS.2ClH/c20-15-11-13(21)5-6-14(15)19(24)23-9-7-12(8-10-23)18-22-16-3-1-2-4-17(16)25-18;;/h1-6,11-12H,7-10,21H2;2*1H. The van der Waals surface area contributed by atoms with E-state index >= 15 is 0 Å². The summed E-state index contributed by atoms with van der Waals surface area (Å²) in [6, 6.07) is 13.3. The van der Waals surface area contributed by atoms with Crippen LogP contribution in [0.1, 0.15) is 34.1 Å². The lowest BCUT2D eigenvalue weighted by Crippen LogP contribution is -2.38. The number of hydrogen-bond acceptors (Lipinski definition) is 4. The van der Waals surface area contributed by atoms with Crippen LogP contribution in [0, 0.1) is 0 Å². The number of hydrogen-bond donors (Lipinski definition) is 1. The van der Waals surface area contributed by atoms with Crippen LogP contribution in [0.2, 0.25) is 5.02 Å². The van der Waals surface area contributed by atoms with E-state index in [1.54, 1.807) is 29.5 Å². The van der Waals surface area contributed by atoms with Crippen LogP contribution in [0.25, 0.3) is 10.2 Å². The van der Waals surface area contributed by atoms with Crippen LogP contribution in [-0.4, -0.2) is 28.9 Å². The molecular weight excluding hydrogens is 425 g/mol. The zero-order valence-electron chi connectivity index (χ0n) is 14.4. The fourth-order valence-corrected chi connectivity index (χ4v) is 4.68. The van der Waals surface area contributed by atoms with Gasteiger partial charge in [-0.2, -0.15) is 0 Å². The lowest BCUT2D eigenvalue weighted by atomic mass is 9.97. The van der Waals surface area contributed by atoms with Gasteiger partial charge in [-0.3, -0.25) is 4.79 Å². The molecular formula is C19H20Cl3N3OS. The summed E-state index contributed by atoms with van der Waals surface area (Å²) in [4.78, 5) is 19.3. The van der Waals surface area contributed by atoms with Crippen molar-refractivity contribution >= 4 is 69.6 Å². The van der Waals surface area contributed by atoms with Crippen LogP contribution in [0.5, 0.6) is 0 Å². The zero-order valence-corrected chi connectivity index (χ0v) is 17.6. The van der Waals surface area contributed by atoms with E-state index in [1.807, 2.05) is 17.0 Å². The number of likely N-dealkylation sites (tertiary alicyclic amines) is 1. The van der Waals surface area contributed by atoms with Gasteiger partial charge in [-0.25, -0.2) is 4.98 Å². The minimum atomic E-state index is -0.0206. The van der Waals surface area contributed by atoms with Gasteiger partial charge in [0.2, 0.25) is 0 Å². The molecule has 2 N–H and O–H groups in total. The van der Waals surface area contributed by atoms with Crippen molar-refractivity contribution in [2.45, 2.75) is 18.8 Å². The van der Waals surface area contributed by atoms with E-state index in [1.165, 1.54) is 9.71 Å². The monoisotopic (exact) mass is 443 g/mol. The Labute approximate surface area is 179 Å². The molecule has 1 aliphatic rings. The van der Waals surface area contributed by atoms with E-state index in [0.29, 0.717) is 22.2 Å². The second-order valence-corrected chi connectivity index (χ2v) is 7.80. The molecule has 1 saturated heterocycles. The average Bonchev–Trinajstić information content (AvgIpc) is 3.05. The lowest BCUT2D eigenvalue weighted by molar-refractivity contribution is 0.0713. The maximum atomic E-state index is 12.7. The number of carbonyl (C=O) groups excluding carboxylic acids is 1. The van der Waals surface area contributed by atoms with Gasteiger partial charge in [0.25, 0.3) is 5.91 Å². The number of nitrogens with zero attached hydrogens (tertiary/aromatic N) is 2. The van der Waals surface area contributed by atoms with E-state index in [-0.39, 0.29) is 30.7 Å². The number of piperidine rings is 1. The van der Waals surface area contributed by atoms with E-state index in [0.717, 1.165) is 31.4 Å². The normalized spacial score (nSPS) is 14.5. The molecule has 0 unspecified atom stereocenters. The summed E-state index contributed by atoms with van der Waals surface area (Å²) in [5.41, 5.74) is 7.86. The highest BCUT2D eigenvalue weighted by Gasteiger charge is 2.27. The predicted molar refractivity (Wildman–Crippen MR) is 118 cm³/mol. The van der Waals surface area contributed by atoms with Crippen LogP contribution < -0.4 is 5.73 Å². The smallest absolute Gasteiger partial charge is 0.255 e. The molecule has 4 nitrogen and oxygen atoms in total. The highest BCUT2D eigenvalue weighted by Crippen LogP contribution is 2.34. The second kappa shape index (κ2) is 9.11. The van der Waals surface area contributed by atoms with Gasteiger partial charge in [0.05, 0.1) is 25.8 Å². The first kappa shape index (κ1) is 21.8. The van der Waals surface area contributed by atoms with Crippen molar-refractivity contribution in [1.29, 1.82) is 0 Å². The number of para-hydroxylation sites is 1. The molecule has 1 amide bonds. The van der Waals surface area contributed by atoms with Crippen LogP contribution in [0.4, 0.5) is 5.69 Å². The topological polar surface area (TPSA) is 59.2 Å². The van der Waals surface area contributed by atoms with Gasteiger partial charge in [-0.05, 0) is 43.2 Å². The third-order valence-corrected chi connectivity index (χ3v) is 6.18. The lowest BCUT2D eigenvalue weighted by Gasteiger charge is -2.31. The van der Waals surface area contributed by atoms with Crippen molar-refractivity contribution in [3.63, 3.8) is 0 Å². The van der Waals surface area contributed by atoms with Crippen molar-refractivity contribution in [2.75, 3.05) is 18.8 Å². The van der Waals surface area contributed by atoms with E-state index in [2.05, 4.69) is 12.1 Å². The zero-order chi connectivity index (χ0) is 17.4. The molecule has 144 valence electrons. The number of nitrogen functional groups attached to an aromatic ring is 1. The number of carbonyl (C=O) groups is 1. The van der Waals surface area contributed by atoms with Gasteiger partial charge in [-0.1, -0.05) is 23.7 Å². The maximum absolute atomic E-state index is 12.7.